The molecule has 2 heterocycles. The first-order valence-electron chi connectivity index (χ1n) is 9.29. The minimum atomic E-state index is 0.301. The predicted octanol–water partition coefficient (Wildman–Crippen LogP) is 3.62. The third-order valence-corrected chi connectivity index (χ3v) is 5.68. The van der Waals surface area contributed by atoms with Gasteiger partial charge in [-0.25, -0.2) is 0 Å². The molecular formula is C20H30N2O2. The molecule has 0 aliphatic carbocycles. The lowest BCUT2D eigenvalue weighted by molar-refractivity contribution is -0.138. The van der Waals surface area contributed by atoms with Crippen LogP contribution in [-0.4, -0.2) is 48.0 Å². The van der Waals surface area contributed by atoms with Crippen LogP contribution in [0.5, 0.6) is 5.75 Å². The summed E-state index contributed by atoms with van der Waals surface area (Å²) in [5.41, 5.74) is 1.29. The van der Waals surface area contributed by atoms with Gasteiger partial charge in [-0.3, -0.25) is 9.69 Å². The number of carbonyl (C=O) groups excluding carboxylic acids is 1. The number of amides is 1. The second kappa shape index (κ2) is 7.56. The molecule has 0 saturated carbocycles. The van der Waals surface area contributed by atoms with Gasteiger partial charge in [0.05, 0.1) is 13.7 Å². The fraction of sp³-hybridized carbons (Fsp3) is 0.650. The van der Waals surface area contributed by atoms with Crippen LogP contribution in [0.4, 0.5) is 0 Å². The summed E-state index contributed by atoms with van der Waals surface area (Å²) in [4.78, 5) is 17.4. The number of benzene rings is 1. The van der Waals surface area contributed by atoms with Crippen molar-refractivity contribution in [2.75, 3.05) is 20.2 Å². The zero-order valence-electron chi connectivity index (χ0n) is 15.2. The lowest BCUT2D eigenvalue weighted by atomic mass is 9.97. The van der Waals surface area contributed by atoms with E-state index in [-0.39, 0.29) is 0 Å². The van der Waals surface area contributed by atoms with Gasteiger partial charge in [0.1, 0.15) is 5.75 Å². The Hall–Kier alpha value is -1.55. The Morgan fingerprint density at radius 3 is 2.38 bits per heavy atom. The number of ether oxygens (including phenoxy) is 1. The number of hydrogen-bond donors (Lipinski definition) is 0. The second-order valence-electron chi connectivity index (χ2n) is 7.33. The number of rotatable bonds is 4. The zero-order chi connectivity index (χ0) is 17.1. The topological polar surface area (TPSA) is 32.8 Å². The summed E-state index contributed by atoms with van der Waals surface area (Å²) in [6, 6.07) is 9.42. The Labute approximate surface area is 145 Å². The van der Waals surface area contributed by atoms with Crippen LogP contribution in [0, 0.1) is 0 Å². The summed E-state index contributed by atoms with van der Waals surface area (Å²) < 4.78 is 5.25. The SMILES string of the molecule is COc1ccc(C2CCCN2CC(=O)N2C(C)CCCC2C)cc1. The highest BCUT2D eigenvalue weighted by atomic mass is 16.5. The number of nitrogens with zero attached hydrogens (tertiary/aromatic N) is 2. The molecule has 3 rings (SSSR count). The van der Waals surface area contributed by atoms with Crippen molar-refractivity contribution in [3.63, 3.8) is 0 Å². The van der Waals surface area contributed by atoms with Gasteiger partial charge in [0, 0.05) is 18.1 Å². The maximum Gasteiger partial charge on any atom is 0.237 e. The Balaban J connectivity index is 1.67. The first kappa shape index (κ1) is 17.3. The Kier molecular flexibility index (Phi) is 5.44. The van der Waals surface area contributed by atoms with E-state index in [1.165, 1.54) is 12.0 Å². The summed E-state index contributed by atoms with van der Waals surface area (Å²) in [6.07, 6.45) is 5.81. The van der Waals surface area contributed by atoms with Gasteiger partial charge in [-0.1, -0.05) is 12.1 Å². The summed E-state index contributed by atoms with van der Waals surface area (Å²) in [7, 11) is 1.69. The first-order chi connectivity index (χ1) is 11.6. The fourth-order valence-corrected chi connectivity index (χ4v) is 4.39. The number of methoxy groups -OCH3 is 1. The molecule has 3 unspecified atom stereocenters. The zero-order valence-corrected chi connectivity index (χ0v) is 15.2. The molecule has 1 amide bonds. The van der Waals surface area contributed by atoms with Gasteiger partial charge in [0.25, 0.3) is 0 Å². The van der Waals surface area contributed by atoms with Crippen LogP contribution in [0.25, 0.3) is 0 Å². The lowest BCUT2D eigenvalue weighted by Gasteiger charge is -2.40. The molecule has 2 fully saturated rings. The summed E-state index contributed by atoms with van der Waals surface area (Å²) >= 11 is 0. The normalized spacial score (nSPS) is 28.1. The molecule has 4 heteroatoms. The number of likely N-dealkylation sites (tertiary alicyclic amines) is 2. The Morgan fingerprint density at radius 1 is 1.08 bits per heavy atom. The van der Waals surface area contributed by atoms with Crippen molar-refractivity contribution in [2.24, 2.45) is 0 Å². The minimum Gasteiger partial charge on any atom is -0.497 e. The van der Waals surface area contributed by atoms with Gasteiger partial charge in [0.2, 0.25) is 5.91 Å². The minimum absolute atomic E-state index is 0.301. The molecule has 4 nitrogen and oxygen atoms in total. The monoisotopic (exact) mass is 330 g/mol. The highest BCUT2D eigenvalue weighted by molar-refractivity contribution is 5.79. The maximum absolute atomic E-state index is 12.9. The summed E-state index contributed by atoms with van der Waals surface area (Å²) in [5.74, 6) is 1.19. The highest BCUT2D eigenvalue weighted by Crippen LogP contribution is 2.33. The molecular weight excluding hydrogens is 300 g/mol. The van der Waals surface area contributed by atoms with Crippen molar-refractivity contribution < 1.29 is 9.53 Å². The van der Waals surface area contributed by atoms with E-state index < -0.39 is 0 Å². The fourth-order valence-electron chi connectivity index (χ4n) is 4.39. The quantitative estimate of drug-likeness (QED) is 0.845. The standard InChI is InChI=1S/C20H30N2O2/c1-15-6-4-7-16(2)22(15)20(23)14-21-13-5-8-19(21)17-9-11-18(24-3)12-10-17/h9-12,15-16,19H,4-8,13-14H2,1-3H3. The largest absolute Gasteiger partial charge is 0.497 e. The van der Waals surface area contributed by atoms with Gasteiger partial charge < -0.3 is 9.64 Å². The van der Waals surface area contributed by atoms with E-state index in [1.807, 2.05) is 12.1 Å². The van der Waals surface area contributed by atoms with Crippen LogP contribution in [0.3, 0.4) is 0 Å². The van der Waals surface area contributed by atoms with Crippen molar-refractivity contribution in [2.45, 2.75) is 64.1 Å². The Bertz CT molecular complexity index is 547. The molecule has 2 saturated heterocycles. The van der Waals surface area contributed by atoms with E-state index in [9.17, 15) is 4.79 Å². The van der Waals surface area contributed by atoms with Crippen molar-refractivity contribution in [3.8, 4) is 5.75 Å². The van der Waals surface area contributed by atoms with Crippen molar-refractivity contribution in [1.82, 2.24) is 9.80 Å². The van der Waals surface area contributed by atoms with Crippen LogP contribution < -0.4 is 4.74 Å². The van der Waals surface area contributed by atoms with Crippen molar-refractivity contribution in [3.05, 3.63) is 29.8 Å². The van der Waals surface area contributed by atoms with E-state index in [0.717, 1.165) is 38.0 Å². The number of hydrogen-bond acceptors (Lipinski definition) is 3. The second-order valence-corrected chi connectivity index (χ2v) is 7.33. The predicted molar refractivity (Wildman–Crippen MR) is 96.2 cm³/mol. The molecule has 2 aliphatic heterocycles. The molecule has 3 atom stereocenters. The van der Waals surface area contributed by atoms with E-state index in [4.69, 9.17) is 4.74 Å². The average Bonchev–Trinajstić information content (AvgIpc) is 3.03. The molecule has 0 N–H and O–H groups in total. The molecule has 1 aromatic carbocycles. The smallest absolute Gasteiger partial charge is 0.237 e. The molecule has 0 aromatic heterocycles. The molecule has 24 heavy (non-hydrogen) atoms. The van der Waals surface area contributed by atoms with Crippen LogP contribution in [0.2, 0.25) is 0 Å². The van der Waals surface area contributed by atoms with E-state index >= 15 is 0 Å². The first-order valence-corrected chi connectivity index (χ1v) is 9.29. The summed E-state index contributed by atoms with van der Waals surface area (Å²) in [6.45, 7) is 5.95. The summed E-state index contributed by atoms with van der Waals surface area (Å²) in [5, 5.41) is 0. The molecule has 1 aromatic rings. The molecule has 0 radical (unpaired) electrons. The van der Waals surface area contributed by atoms with Gasteiger partial charge in [-0.15, -0.1) is 0 Å². The van der Waals surface area contributed by atoms with Crippen LogP contribution in [0.1, 0.15) is 57.6 Å². The maximum atomic E-state index is 12.9. The van der Waals surface area contributed by atoms with Crippen molar-refractivity contribution >= 4 is 5.91 Å². The van der Waals surface area contributed by atoms with Gasteiger partial charge in [-0.05, 0) is 70.2 Å². The average molecular weight is 330 g/mol. The Morgan fingerprint density at radius 2 is 1.75 bits per heavy atom. The number of carbonyl (C=O) groups is 1. The molecule has 132 valence electrons. The van der Waals surface area contributed by atoms with E-state index in [2.05, 4.69) is 35.8 Å². The van der Waals surface area contributed by atoms with Gasteiger partial charge in [0.15, 0.2) is 0 Å². The van der Waals surface area contributed by atoms with Crippen molar-refractivity contribution in [1.29, 1.82) is 0 Å². The van der Waals surface area contributed by atoms with Crippen LogP contribution in [0.15, 0.2) is 24.3 Å². The van der Waals surface area contributed by atoms with Gasteiger partial charge >= 0.3 is 0 Å². The highest BCUT2D eigenvalue weighted by Gasteiger charge is 2.33. The van der Waals surface area contributed by atoms with E-state index in [0.29, 0.717) is 30.6 Å². The van der Waals surface area contributed by atoms with Gasteiger partial charge in [-0.2, -0.15) is 0 Å². The van der Waals surface area contributed by atoms with Crippen LogP contribution in [-0.2, 0) is 4.79 Å². The molecule has 0 bridgehead atoms. The lowest BCUT2D eigenvalue weighted by Crippen LogP contribution is -2.51. The van der Waals surface area contributed by atoms with Crippen LogP contribution >= 0.6 is 0 Å². The molecule has 2 aliphatic rings. The number of piperidine rings is 1. The molecule has 0 spiro atoms. The third-order valence-electron chi connectivity index (χ3n) is 5.68. The van der Waals surface area contributed by atoms with E-state index in [1.54, 1.807) is 7.11 Å². The third kappa shape index (κ3) is 3.59.